The summed E-state index contributed by atoms with van der Waals surface area (Å²) in [6.45, 7) is 3.05. The number of benzene rings is 1. The molecule has 1 aromatic carbocycles. The lowest BCUT2D eigenvalue weighted by Crippen LogP contribution is -2.43. The first kappa shape index (κ1) is 12.8. The molecule has 1 heterocycles. The molecule has 0 aliphatic carbocycles. The summed E-state index contributed by atoms with van der Waals surface area (Å²) in [5.41, 5.74) is 0.580. The summed E-state index contributed by atoms with van der Waals surface area (Å²) in [5, 5.41) is 12.0. The summed E-state index contributed by atoms with van der Waals surface area (Å²) in [6.07, 6.45) is 0.0681. The van der Waals surface area contributed by atoms with Gasteiger partial charge in [0.2, 0.25) is 0 Å². The molecule has 1 atom stereocenters. The number of nitrogens with one attached hydrogen (secondary N) is 1. The number of halogens is 1. The van der Waals surface area contributed by atoms with Gasteiger partial charge in [0.15, 0.2) is 0 Å². The summed E-state index contributed by atoms with van der Waals surface area (Å²) in [5.74, 6) is -0.496. The number of nitriles is 1. The summed E-state index contributed by atoms with van der Waals surface area (Å²) in [4.78, 5) is 2.19. The van der Waals surface area contributed by atoms with Crippen LogP contribution in [0.5, 0.6) is 0 Å². The normalized spacial score (nSPS) is 20.4. The fourth-order valence-corrected chi connectivity index (χ4v) is 2.00. The van der Waals surface area contributed by atoms with E-state index in [2.05, 4.69) is 10.2 Å². The molecule has 0 saturated carbocycles. The third kappa shape index (κ3) is 2.97. The number of anilines is 1. The van der Waals surface area contributed by atoms with Crippen molar-refractivity contribution in [3.05, 3.63) is 29.6 Å². The molecule has 1 unspecified atom stereocenters. The van der Waals surface area contributed by atoms with E-state index in [1.807, 2.05) is 13.1 Å². The first-order valence-corrected chi connectivity index (χ1v) is 5.93. The van der Waals surface area contributed by atoms with Gasteiger partial charge in [-0.3, -0.25) is 0 Å². The van der Waals surface area contributed by atoms with Gasteiger partial charge < -0.3 is 15.0 Å². The Balaban J connectivity index is 1.98. The molecule has 96 valence electrons. The number of morpholine rings is 1. The third-order valence-electron chi connectivity index (χ3n) is 2.99. The van der Waals surface area contributed by atoms with Crippen molar-refractivity contribution in [2.75, 3.05) is 38.6 Å². The standard InChI is InChI=1S/C13H16FN3O/c1-17-5-6-18-10(9-17)8-16-13-4-2-3-12(14)11(13)7-15/h2-4,10,16H,5-6,8-9H2,1H3. The zero-order valence-corrected chi connectivity index (χ0v) is 10.3. The van der Waals surface area contributed by atoms with Crippen molar-refractivity contribution in [1.29, 1.82) is 5.26 Å². The molecule has 0 aromatic heterocycles. The van der Waals surface area contributed by atoms with Crippen LogP contribution < -0.4 is 5.32 Å². The van der Waals surface area contributed by atoms with Crippen LogP contribution in [0.3, 0.4) is 0 Å². The minimum Gasteiger partial charge on any atom is -0.381 e. The van der Waals surface area contributed by atoms with Crippen molar-refractivity contribution >= 4 is 5.69 Å². The molecule has 1 aliphatic heterocycles. The maximum Gasteiger partial charge on any atom is 0.143 e. The van der Waals surface area contributed by atoms with Crippen LogP contribution in [0.15, 0.2) is 18.2 Å². The van der Waals surface area contributed by atoms with Gasteiger partial charge in [-0.15, -0.1) is 0 Å². The van der Waals surface area contributed by atoms with Crippen LogP contribution >= 0.6 is 0 Å². The maximum atomic E-state index is 13.4. The zero-order valence-electron chi connectivity index (χ0n) is 10.3. The Kier molecular flexibility index (Phi) is 4.13. The molecule has 1 aromatic rings. The van der Waals surface area contributed by atoms with E-state index >= 15 is 0 Å². The van der Waals surface area contributed by atoms with E-state index in [1.165, 1.54) is 6.07 Å². The molecule has 0 amide bonds. The minimum absolute atomic E-state index is 0.0571. The molecule has 0 radical (unpaired) electrons. The van der Waals surface area contributed by atoms with Gasteiger partial charge in [-0.25, -0.2) is 4.39 Å². The van der Waals surface area contributed by atoms with Gasteiger partial charge in [0.25, 0.3) is 0 Å². The number of ether oxygens (including phenoxy) is 1. The number of hydrogen-bond acceptors (Lipinski definition) is 4. The van der Waals surface area contributed by atoms with Crippen LogP contribution in [-0.4, -0.2) is 44.3 Å². The molecule has 2 rings (SSSR count). The lowest BCUT2D eigenvalue weighted by Gasteiger charge is -2.30. The second-order valence-electron chi connectivity index (χ2n) is 4.41. The molecule has 1 saturated heterocycles. The highest BCUT2D eigenvalue weighted by Gasteiger charge is 2.18. The topological polar surface area (TPSA) is 48.3 Å². The first-order chi connectivity index (χ1) is 8.70. The van der Waals surface area contributed by atoms with Crippen molar-refractivity contribution in [2.45, 2.75) is 6.10 Å². The largest absolute Gasteiger partial charge is 0.381 e. The van der Waals surface area contributed by atoms with Crippen LogP contribution in [0.25, 0.3) is 0 Å². The van der Waals surface area contributed by atoms with E-state index in [-0.39, 0.29) is 11.7 Å². The SMILES string of the molecule is CN1CCOC(CNc2cccc(F)c2C#N)C1. The smallest absolute Gasteiger partial charge is 0.143 e. The lowest BCUT2D eigenvalue weighted by atomic mass is 10.1. The highest BCUT2D eigenvalue weighted by atomic mass is 19.1. The molecule has 4 nitrogen and oxygen atoms in total. The van der Waals surface area contributed by atoms with E-state index in [0.717, 1.165) is 13.1 Å². The second kappa shape index (κ2) is 5.80. The molecular formula is C13H16FN3O. The van der Waals surface area contributed by atoms with E-state index in [9.17, 15) is 4.39 Å². The van der Waals surface area contributed by atoms with Crippen molar-refractivity contribution in [3.8, 4) is 6.07 Å². The van der Waals surface area contributed by atoms with E-state index in [4.69, 9.17) is 10.00 Å². The molecule has 5 heteroatoms. The van der Waals surface area contributed by atoms with Gasteiger partial charge in [-0.2, -0.15) is 5.26 Å². The summed E-state index contributed by atoms with van der Waals surface area (Å²) < 4.78 is 19.0. The Morgan fingerprint density at radius 3 is 3.17 bits per heavy atom. The Labute approximate surface area is 106 Å². The Hall–Kier alpha value is -1.64. The van der Waals surface area contributed by atoms with Crippen LogP contribution in [0.2, 0.25) is 0 Å². The van der Waals surface area contributed by atoms with Crippen LogP contribution in [0.1, 0.15) is 5.56 Å². The van der Waals surface area contributed by atoms with Crippen molar-refractivity contribution in [3.63, 3.8) is 0 Å². The third-order valence-corrected chi connectivity index (χ3v) is 2.99. The van der Waals surface area contributed by atoms with Gasteiger partial charge in [0, 0.05) is 19.6 Å². The van der Waals surface area contributed by atoms with Gasteiger partial charge in [0.1, 0.15) is 17.4 Å². The average molecular weight is 249 g/mol. The molecule has 0 spiro atoms. The Morgan fingerprint density at radius 2 is 2.44 bits per heavy atom. The lowest BCUT2D eigenvalue weighted by molar-refractivity contribution is -0.0117. The predicted octanol–water partition coefficient (Wildman–Crippen LogP) is 1.44. The summed E-state index contributed by atoms with van der Waals surface area (Å²) >= 11 is 0. The van der Waals surface area contributed by atoms with Gasteiger partial charge in [-0.1, -0.05) is 6.07 Å². The van der Waals surface area contributed by atoms with E-state index in [1.54, 1.807) is 12.1 Å². The highest BCUT2D eigenvalue weighted by molar-refractivity contribution is 5.57. The average Bonchev–Trinajstić information content (AvgIpc) is 2.36. The van der Waals surface area contributed by atoms with Crippen molar-refractivity contribution < 1.29 is 9.13 Å². The van der Waals surface area contributed by atoms with Crippen LogP contribution in [-0.2, 0) is 4.74 Å². The first-order valence-electron chi connectivity index (χ1n) is 5.93. The number of likely N-dealkylation sites (N-methyl/N-ethyl adjacent to an activating group) is 1. The number of hydrogen-bond donors (Lipinski definition) is 1. The monoisotopic (exact) mass is 249 g/mol. The van der Waals surface area contributed by atoms with Gasteiger partial charge in [-0.05, 0) is 19.2 Å². The Bertz CT molecular complexity index is 458. The van der Waals surface area contributed by atoms with Crippen LogP contribution in [0.4, 0.5) is 10.1 Å². The van der Waals surface area contributed by atoms with Gasteiger partial charge in [0.05, 0.1) is 18.4 Å². The molecule has 1 N–H and O–H groups in total. The quantitative estimate of drug-likeness (QED) is 0.880. The fourth-order valence-electron chi connectivity index (χ4n) is 2.00. The molecule has 1 fully saturated rings. The zero-order chi connectivity index (χ0) is 13.0. The molecule has 18 heavy (non-hydrogen) atoms. The molecule has 1 aliphatic rings. The molecular weight excluding hydrogens is 233 g/mol. The van der Waals surface area contributed by atoms with E-state index in [0.29, 0.717) is 18.8 Å². The summed E-state index contributed by atoms with van der Waals surface area (Å²) in [7, 11) is 2.04. The van der Waals surface area contributed by atoms with Crippen molar-refractivity contribution in [2.24, 2.45) is 0 Å². The predicted molar refractivity (Wildman–Crippen MR) is 66.8 cm³/mol. The Morgan fingerprint density at radius 1 is 1.61 bits per heavy atom. The molecule has 0 bridgehead atoms. The number of rotatable bonds is 3. The minimum atomic E-state index is -0.496. The second-order valence-corrected chi connectivity index (χ2v) is 4.41. The van der Waals surface area contributed by atoms with Gasteiger partial charge >= 0.3 is 0 Å². The highest BCUT2D eigenvalue weighted by Crippen LogP contribution is 2.18. The maximum absolute atomic E-state index is 13.4. The van der Waals surface area contributed by atoms with E-state index < -0.39 is 5.82 Å². The fraction of sp³-hybridized carbons (Fsp3) is 0.462. The summed E-state index contributed by atoms with van der Waals surface area (Å²) in [6, 6.07) is 6.45. The number of nitrogens with zero attached hydrogens (tertiary/aromatic N) is 2. The van der Waals surface area contributed by atoms with Crippen molar-refractivity contribution in [1.82, 2.24) is 4.90 Å². The van der Waals surface area contributed by atoms with Crippen LogP contribution in [0, 0.1) is 17.1 Å².